The van der Waals surface area contributed by atoms with Crippen molar-refractivity contribution in [3.8, 4) is 11.1 Å². The van der Waals surface area contributed by atoms with Crippen LogP contribution in [0.4, 0.5) is 4.79 Å². The Bertz CT molecular complexity index is 950. The van der Waals surface area contributed by atoms with Gasteiger partial charge in [-0.3, -0.25) is 4.79 Å². The van der Waals surface area contributed by atoms with Gasteiger partial charge in [-0.25, -0.2) is 9.59 Å². The number of carbonyl (C=O) groups is 3. The second-order valence-corrected chi connectivity index (χ2v) is 8.28. The number of amides is 2. The third kappa shape index (κ3) is 5.07. The molecule has 0 saturated heterocycles. The van der Waals surface area contributed by atoms with Crippen LogP contribution in [0.3, 0.4) is 0 Å². The molecule has 0 heterocycles. The van der Waals surface area contributed by atoms with Crippen LogP contribution >= 0.6 is 12.6 Å². The number of hydrogen-bond donors (Lipinski definition) is 4. The Kier molecular flexibility index (Phi) is 7.80. The third-order valence-corrected chi connectivity index (χ3v) is 6.27. The molecule has 8 heteroatoms. The number of fused-ring (bicyclic) bond motifs is 3. The zero-order valence-electron chi connectivity index (χ0n) is 18.1. The van der Waals surface area contributed by atoms with Gasteiger partial charge in [0.1, 0.15) is 18.7 Å². The van der Waals surface area contributed by atoms with Gasteiger partial charge in [-0.1, -0.05) is 68.8 Å². The number of ether oxygens (including phenoxy) is 1. The summed E-state index contributed by atoms with van der Waals surface area (Å²) in [4.78, 5) is 36.5. The van der Waals surface area contributed by atoms with Crippen molar-refractivity contribution in [3.63, 3.8) is 0 Å². The number of alkyl carbamates (subject to hydrolysis) is 1. The molecule has 3 atom stereocenters. The molecule has 2 aromatic rings. The van der Waals surface area contributed by atoms with Crippen molar-refractivity contribution in [2.45, 2.75) is 38.3 Å². The summed E-state index contributed by atoms with van der Waals surface area (Å²) in [5.41, 5.74) is 4.44. The first kappa shape index (κ1) is 23.7. The van der Waals surface area contributed by atoms with Crippen LogP contribution in [0, 0.1) is 5.92 Å². The molecule has 32 heavy (non-hydrogen) atoms. The maximum atomic E-state index is 12.7. The van der Waals surface area contributed by atoms with E-state index in [0.29, 0.717) is 6.42 Å². The molecule has 0 spiro atoms. The number of hydrogen-bond acceptors (Lipinski definition) is 5. The fourth-order valence-corrected chi connectivity index (χ4v) is 4.16. The van der Waals surface area contributed by atoms with Crippen LogP contribution in [-0.4, -0.2) is 47.5 Å². The van der Waals surface area contributed by atoms with Gasteiger partial charge in [-0.05, 0) is 28.2 Å². The van der Waals surface area contributed by atoms with Crippen LogP contribution in [0.1, 0.15) is 37.3 Å². The summed E-state index contributed by atoms with van der Waals surface area (Å²) >= 11 is 3.96. The minimum absolute atomic E-state index is 0.0563. The largest absolute Gasteiger partial charge is 0.480 e. The molecule has 0 fully saturated rings. The molecule has 0 aliphatic heterocycles. The van der Waals surface area contributed by atoms with Crippen LogP contribution in [0.15, 0.2) is 48.5 Å². The molecule has 3 rings (SSSR count). The molecule has 0 unspecified atom stereocenters. The maximum Gasteiger partial charge on any atom is 0.407 e. The molecule has 7 nitrogen and oxygen atoms in total. The van der Waals surface area contributed by atoms with E-state index in [0.717, 1.165) is 22.3 Å². The number of nitrogens with one attached hydrogen (secondary N) is 2. The first-order chi connectivity index (χ1) is 15.4. The van der Waals surface area contributed by atoms with Crippen molar-refractivity contribution in [1.29, 1.82) is 0 Å². The smallest absolute Gasteiger partial charge is 0.407 e. The van der Waals surface area contributed by atoms with E-state index in [4.69, 9.17) is 4.74 Å². The lowest BCUT2D eigenvalue weighted by Gasteiger charge is -2.25. The summed E-state index contributed by atoms with van der Waals surface area (Å²) in [6.07, 6.45) is -0.106. The van der Waals surface area contributed by atoms with E-state index in [9.17, 15) is 19.5 Å². The zero-order valence-corrected chi connectivity index (χ0v) is 19.0. The molecule has 0 aromatic heterocycles. The second-order valence-electron chi connectivity index (χ2n) is 7.92. The summed E-state index contributed by atoms with van der Waals surface area (Å²) in [6, 6.07) is 14.0. The fourth-order valence-electron chi connectivity index (χ4n) is 3.92. The van der Waals surface area contributed by atoms with E-state index < -0.39 is 30.1 Å². The van der Waals surface area contributed by atoms with Crippen LogP contribution in [0.5, 0.6) is 0 Å². The Hall–Kier alpha value is -3.00. The lowest BCUT2D eigenvalue weighted by molar-refractivity contribution is -0.141. The first-order valence-electron chi connectivity index (χ1n) is 10.6. The number of thiol groups is 1. The quantitative estimate of drug-likeness (QED) is 0.433. The second kappa shape index (κ2) is 10.5. The molecule has 0 saturated carbocycles. The minimum atomic E-state index is -1.18. The summed E-state index contributed by atoms with van der Waals surface area (Å²) in [5.74, 6) is -2.12. The standard InChI is InChI=1S/C24H28N2O5S/c1-3-14(2)21(22(27)25-20(13-32)23(28)29)26-24(30)31-12-19-17-10-6-4-8-15(17)16-9-5-7-11-18(16)19/h4-11,14,19-21,32H,3,12-13H2,1-2H3,(H,25,27)(H,26,30)(H,28,29)/t14-,20-,21-/m0/s1. The third-order valence-electron chi connectivity index (χ3n) is 5.91. The van der Waals surface area contributed by atoms with E-state index in [-0.39, 0.29) is 24.2 Å². The van der Waals surface area contributed by atoms with Gasteiger partial charge in [-0.2, -0.15) is 12.6 Å². The number of rotatable bonds is 9. The first-order valence-corrected chi connectivity index (χ1v) is 11.3. The van der Waals surface area contributed by atoms with Gasteiger partial charge in [-0.15, -0.1) is 0 Å². The fraction of sp³-hybridized carbons (Fsp3) is 0.375. The average Bonchev–Trinajstić information content (AvgIpc) is 3.12. The molecule has 2 amide bonds. The lowest BCUT2D eigenvalue weighted by atomic mass is 9.98. The molecule has 0 bridgehead atoms. The van der Waals surface area contributed by atoms with Crippen molar-refractivity contribution in [1.82, 2.24) is 10.6 Å². The van der Waals surface area contributed by atoms with Crippen LogP contribution in [0.2, 0.25) is 0 Å². The van der Waals surface area contributed by atoms with Gasteiger partial charge >= 0.3 is 12.1 Å². The predicted octanol–water partition coefficient (Wildman–Crippen LogP) is 3.44. The van der Waals surface area contributed by atoms with Gasteiger partial charge in [0.25, 0.3) is 0 Å². The van der Waals surface area contributed by atoms with Crippen molar-refractivity contribution in [3.05, 3.63) is 59.7 Å². The number of benzene rings is 2. The molecule has 1 aliphatic carbocycles. The summed E-state index contributed by atoms with van der Waals surface area (Å²) in [6.45, 7) is 3.82. The molecule has 2 aromatic carbocycles. The highest BCUT2D eigenvalue weighted by molar-refractivity contribution is 7.80. The topological polar surface area (TPSA) is 105 Å². The number of carboxylic acids is 1. The predicted molar refractivity (Wildman–Crippen MR) is 125 cm³/mol. The lowest BCUT2D eigenvalue weighted by Crippen LogP contribution is -2.54. The highest BCUT2D eigenvalue weighted by Crippen LogP contribution is 2.44. The van der Waals surface area contributed by atoms with Crippen LogP contribution < -0.4 is 10.6 Å². The van der Waals surface area contributed by atoms with E-state index in [2.05, 4.69) is 35.4 Å². The summed E-state index contributed by atoms with van der Waals surface area (Å²) in [5, 5.41) is 14.2. The van der Waals surface area contributed by atoms with Gasteiger partial charge < -0.3 is 20.5 Å². The SMILES string of the molecule is CC[C@H](C)[C@H](NC(=O)OCC1c2ccccc2-c2ccccc21)C(=O)N[C@@H](CS)C(=O)O. The molecule has 1 aliphatic rings. The Labute approximate surface area is 193 Å². The van der Waals surface area contributed by atoms with Gasteiger partial charge in [0.05, 0.1) is 0 Å². The number of carbonyl (C=O) groups excluding carboxylic acids is 2. The van der Waals surface area contributed by atoms with Crippen molar-refractivity contribution in [2.24, 2.45) is 5.92 Å². The average molecular weight is 457 g/mol. The van der Waals surface area contributed by atoms with Crippen molar-refractivity contribution in [2.75, 3.05) is 12.4 Å². The van der Waals surface area contributed by atoms with Gasteiger partial charge in [0.15, 0.2) is 0 Å². The minimum Gasteiger partial charge on any atom is -0.480 e. The molecule has 3 N–H and O–H groups in total. The van der Waals surface area contributed by atoms with E-state index in [1.165, 1.54) is 0 Å². The number of aliphatic carboxylic acids is 1. The number of carboxylic acid groups (broad SMARTS) is 1. The molecular weight excluding hydrogens is 428 g/mol. The van der Waals surface area contributed by atoms with Crippen LogP contribution in [-0.2, 0) is 14.3 Å². The Balaban J connectivity index is 1.68. The summed E-state index contributed by atoms with van der Waals surface area (Å²) < 4.78 is 5.53. The van der Waals surface area contributed by atoms with E-state index in [1.54, 1.807) is 0 Å². The molecule has 0 radical (unpaired) electrons. The Morgan fingerprint density at radius 3 is 2.09 bits per heavy atom. The molecule has 170 valence electrons. The zero-order chi connectivity index (χ0) is 23.3. The summed E-state index contributed by atoms with van der Waals surface area (Å²) in [7, 11) is 0. The molecular formula is C24H28N2O5S. The Morgan fingerprint density at radius 2 is 1.59 bits per heavy atom. The van der Waals surface area contributed by atoms with Gasteiger partial charge in [0.2, 0.25) is 5.91 Å². The monoisotopic (exact) mass is 456 g/mol. The normalized spacial score (nSPS) is 15.1. The van der Waals surface area contributed by atoms with Crippen LogP contribution in [0.25, 0.3) is 11.1 Å². The van der Waals surface area contributed by atoms with Gasteiger partial charge in [0, 0.05) is 11.7 Å². The van der Waals surface area contributed by atoms with E-state index >= 15 is 0 Å². The highest BCUT2D eigenvalue weighted by Gasteiger charge is 2.32. The van der Waals surface area contributed by atoms with Crippen molar-refractivity contribution >= 4 is 30.6 Å². The van der Waals surface area contributed by atoms with E-state index in [1.807, 2.05) is 50.2 Å². The maximum absolute atomic E-state index is 12.7. The van der Waals surface area contributed by atoms with Crippen molar-refractivity contribution < 1.29 is 24.2 Å². The Morgan fingerprint density at radius 1 is 1.03 bits per heavy atom. The highest BCUT2D eigenvalue weighted by atomic mass is 32.1.